The zero-order valence-electron chi connectivity index (χ0n) is 18.2. The highest BCUT2D eigenvalue weighted by molar-refractivity contribution is 5.96. The van der Waals surface area contributed by atoms with E-state index in [1.54, 1.807) is 6.08 Å². The second-order valence-electron chi connectivity index (χ2n) is 8.06. The van der Waals surface area contributed by atoms with Crippen molar-refractivity contribution in [1.29, 1.82) is 0 Å². The van der Waals surface area contributed by atoms with Gasteiger partial charge in [-0.25, -0.2) is 8.78 Å². The first-order chi connectivity index (χ1) is 16.0. The van der Waals surface area contributed by atoms with Crippen LogP contribution < -0.4 is 31.9 Å². The van der Waals surface area contributed by atoms with Gasteiger partial charge in [0.2, 0.25) is 0 Å². The fourth-order valence-corrected chi connectivity index (χ4v) is 3.96. The molecule has 0 bridgehead atoms. The summed E-state index contributed by atoms with van der Waals surface area (Å²) < 4.78 is 27.0. The first-order valence-corrected chi connectivity index (χ1v) is 11.0. The van der Waals surface area contributed by atoms with Crippen LogP contribution in [0.4, 0.5) is 20.2 Å². The molecule has 1 atom stereocenters. The Morgan fingerprint density at radius 1 is 1.09 bits per heavy atom. The number of hydrogen-bond donors (Lipinski definition) is 5. The first-order valence-electron chi connectivity index (χ1n) is 11.0. The molecular formula is C24H28F2N6O. The second kappa shape index (κ2) is 10.4. The molecular weight excluding hydrogens is 426 g/mol. The average molecular weight is 455 g/mol. The number of carbonyl (C=O) groups is 1. The Kier molecular flexibility index (Phi) is 7.09. The molecule has 0 spiro atoms. The molecule has 2 aliphatic heterocycles. The van der Waals surface area contributed by atoms with Crippen molar-refractivity contribution in [3.8, 4) is 0 Å². The van der Waals surface area contributed by atoms with Crippen LogP contribution in [0.3, 0.4) is 0 Å². The minimum Gasteiger partial charge on any atom is -0.380 e. The molecule has 0 aromatic heterocycles. The molecule has 7 nitrogen and oxygen atoms in total. The number of nitrogens with one attached hydrogen (secondary N) is 4. The van der Waals surface area contributed by atoms with Gasteiger partial charge in [-0.3, -0.25) is 4.79 Å². The van der Waals surface area contributed by atoms with E-state index in [2.05, 4.69) is 38.3 Å². The Balaban J connectivity index is 1.43. The predicted octanol–water partition coefficient (Wildman–Crippen LogP) is 2.15. The topological polar surface area (TPSA) is 94.5 Å². The summed E-state index contributed by atoms with van der Waals surface area (Å²) in [6, 6.07) is 11.5. The maximum absolute atomic E-state index is 13.5. The van der Waals surface area contributed by atoms with Gasteiger partial charge in [0.25, 0.3) is 5.91 Å². The quantitative estimate of drug-likeness (QED) is 0.440. The maximum Gasteiger partial charge on any atom is 0.252 e. The van der Waals surface area contributed by atoms with Crippen LogP contribution in [0.5, 0.6) is 0 Å². The van der Waals surface area contributed by atoms with Crippen molar-refractivity contribution in [3.05, 3.63) is 83.2 Å². The van der Waals surface area contributed by atoms with Crippen LogP contribution in [0.2, 0.25) is 0 Å². The van der Waals surface area contributed by atoms with Crippen molar-refractivity contribution in [2.75, 3.05) is 36.4 Å². The van der Waals surface area contributed by atoms with Gasteiger partial charge in [-0.1, -0.05) is 0 Å². The van der Waals surface area contributed by atoms with E-state index in [1.807, 2.05) is 12.1 Å². The number of rotatable bonds is 7. The van der Waals surface area contributed by atoms with Crippen LogP contribution in [0.25, 0.3) is 0 Å². The van der Waals surface area contributed by atoms with E-state index < -0.39 is 17.5 Å². The van der Waals surface area contributed by atoms with Crippen molar-refractivity contribution < 1.29 is 13.6 Å². The van der Waals surface area contributed by atoms with E-state index in [0.717, 1.165) is 44.4 Å². The molecule has 174 valence electrons. The van der Waals surface area contributed by atoms with Gasteiger partial charge in [0.1, 0.15) is 17.8 Å². The predicted molar refractivity (Wildman–Crippen MR) is 125 cm³/mol. The molecule has 1 amide bonds. The smallest absolute Gasteiger partial charge is 0.252 e. The van der Waals surface area contributed by atoms with Gasteiger partial charge in [0.05, 0.1) is 5.57 Å². The molecule has 2 aliphatic rings. The minimum absolute atomic E-state index is 0.136. The minimum atomic E-state index is -0.656. The third-order valence-electron chi connectivity index (χ3n) is 5.60. The molecule has 1 unspecified atom stereocenters. The molecule has 4 rings (SSSR count). The lowest BCUT2D eigenvalue weighted by Gasteiger charge is -2.26. The number of amides is 1. The van der Waals surface area contributed by atoms with Crippen LogP contribution in [0.1, 0.15) is 12.0 Å². The molecule has 9 heteroatoms. The summed E-state index contributed by atoms with van der Waals surface area (Å²) in [5.41, 5.74) is 8.74. The molecule has 33 heavy (non-hydrogen) atoms. The van der Waals surface area contributed by atoms with E-state index in [1.165, 1.54) is 24.0 Å². The lowest BCUT2D eigenvalue weighted by atomic mass is 10.1. The second-order valence-corrected chi connectivity index (χ2v) is 8.06. The highest BCUT2D eigenvalue weighted by Gasteiger charge is 2.19. The zero-order valence-corrected chi connectivity index (χ0v) is 18.2. The molecule has 0 radical (unpaired) electrons. The lowest BCUT2D eigenvalue weighted by molar-refractivity contribution is -0.114. The number of anilines is 2. The Bertz CT molecular complexity index is 1030. The number of primary amides is 1. The van der Waals surface area contributed by atoms with Crippen molar-refractivity contribution in [2.45, 2.75) is 19.1 Å². The third kappa shape index (κ3) is 6.01. The van der Waals surface area contributed by atoms with Crippen LogP contribution >= 0.6 is 0 Å². The number of benzene rings is 2. The Morgan fingerprint density at radius 3 is 2.58 bits per heavy atom. The van der Waals surface area contributed by atoms with Crippen LogP contribution in [0.15, 0.2) is 66.0 Å². The summed E-state index contributed by atoms with van der Waals surface area (Å²) in [5.74, 6) is -1.92. The lowest BCUT2D eigenvalue weighted by Crippen LogP contribution is -2.38. The van der Waals surface area contributed by atoms with Gasteiger partial charge >= 0.3 is 0 Å². The summed E-state index contributed by atoms with van der Waals surface area (Å²) in [6.07, 6.45) is 4.12. The molecule has 2 aromatic rings. The Morgan fingerprint density at radius 2 is 1.85 bits per heavy atom. The van der Waals surface area contributed by atoms with Crippen LogP contribution in [0, 0.1) is 11.6 Å². The highest BCUT2D eigenvalue weighted by Crippen LogP contribution is 2.21. The summed E-state index contributed by atoms with van der Waals surface area (Å²) >= 11 is 0. The average Bonchev–Trinajstić information content (AvgIpc) is 3.07. The SMILES string of the molecule is NC(=O)C1=CNC(Nc2ccc(N3CCCNCC3)cc2)C=C1NCc1cc(F)cc(F)c1. The van der Waals surface area contributed by atoms with Gasteiger partial charge in [0.15, 0.2) is 0 Å². The normalized spacial score (nSPS) is 18.5. The number of carbonyl (C=O) groups excluding carboxylic acids is 1. The largest absolute Gasteiger partial charge is 0.380 e. The summed E-state index contributed by atoms with van der Waals surface area (Å²) in [5, 5.41) is 12.9. The monoisotopic (exact) mass is 454 g/mol. The number of nitrogens with zero attached hydrogens (tertiary/aromatic N) is 1. The number of dihydropyridines is 1. The molecule has 6 N–H and O–H groups in total. The molecule has 0 aliphatic carbocycles. The highest BCUT2D eigenvalue weighted by atomic mass is 19.1. The van der Waals surface area contributed by atoms with E-state index in [0.29, 0.717) is 11.3 Å². The van der Waals surface area contributed by atoms with Gasteiger partial charge < -0.3 is 31.9 Å². The van der Waals surface area contributed by atoms with E-state index in [9.17, 15) is 13.6 Å². The van der Waals surface area contributed by atoms with Crippen LogP contribution in [-0.2, 0) is 11.3 Å². The third-order valence-corrected chi connectivity index (χ3v) is 5.60. The van der Waals surface area contributed by atoms with Crippen molar-refractivity contribution >= 4 is 17.3 Å². The van der Waals surface area contributed by atoms with Crippen molar-refractivity contribution in [3.63, 3.8) is 0 Å². The van der Waals surface area contributed by atoms with Gasteiger partial charge in [-0.15, -0.1) is 0 Å². The maximum atomic E-state index is 13.5. The summed E-state index contributed by atoms with van der Waals surface area (Å²) in [4.78, 5) is 14.2. The number of nitrogens with two attached hydrogens (primary N) is 1. The Hall–Kier alpha value is -3.59. The molecule has 1 saturated heterocycles. The van der Waals surface area contributed by atoms with Crippen LogP contribution in [-0.4, -0.2) is 38.3 Å². The summed E-state index contributed by atoms with van der Waals surface area (Å²) in [6.45, 7) is 4.16. The fraction of sp³-hybridized carbons (Fsp3) is 0.292. The number of halogens is 2. The Labute approximate surface area is 191 Å². The molecule has 0 saturated carbocycles. The molecule has 2 aromatic carbocycles. The summed E-state index contributed by atoms with van der Waals surface area (Å²) in [7, 11) is 0. The van der Waals surface area contributed by atoms with Gasteiger partial charge in [-0.2, -0.15) is 0 Å². The van der Waals surface area contributed by atoms with Crippen molar-refractivity contribution in [2.24, 2.45) is 5.73 Å². The van der Waals surface area contributed by atoms with E-state index in [4.69, 9.17) is 5.73 Å². The van der Waals surface area contributed by atoms with Crippen molar-refractivity contribution in [1.82, 2.24) is 16.0 Å². The van der Waals surface area contributed by atoms with E-state index in [-0.39, 0.29) is 18.3 Å². The van der Waals surface area contributed by atoms with Gasteiger partial charge in [0, 0.05) is 55.5 Å². The zero-order chi connectivity index (χ0) is 23.2. The van der Waals surface area contributed by atoms with E-state index >= 15 is 0 Å². The molecule has 1 fully saturated rings. The first kappa shape index (κ1) is 22.6. The fourth-order valence-electron chi connectivity index (χ4n) is 3.96. The standard InChI is InChI=1S/C24H28F2N6O/c25-17-10-16(11-18(26)12-17)14-29-22-13-23(30-15-21(22)24(27)33)31-19-2-4-20(5-3-19)32-8-1-6-28-7-9-32/h2-5,10-13,15,23,28-31H,1,6-9,14H2,(H2,27,33). The van der Waals surface area contributed by atoms with Gasteiger partial charge in [-0.05, 0) is 61.0 Å². The number of hydrogen-bond acceptors (Lipinski definition) is 6. The molecule has 2 heterocycles.